The summed E-state index contributed by atoms with van der Waals surface area (Å²) in [7, 11) is 0. The number of benzene rings is 2. The Kier molecular flexibility index (Phi) is 6.30. The summed E-state index contributed by atoms with van der Waals surface area (Å²) >= 11 is 3.48. The SMILES string of the molecule is C=CCN(Cc1cccn1Cc1ccccc1C)C(=O)c1ccccc1Br. The van der Waals surface area contributed by atoms with E-state index in [0.29, 0.717) is 18.7 Å². The highest BCUT2D eigenvalue weighted by atomic mass is 79.9. The van der Waals surface area contributed by atoms with Gasteiger partial charge in [0, 0.05) is 29.5 Å². The molecule has 3 nitrogen and oxygen atoms in total. The fourth-order valence-corrected chi connectivity index (χ4v) is 3.55. The van der Waals surface area contributed by atoms with Crippen molar-refractivity contribution in [1.82, 2.24) is 9.47 Å². The van der Waals surface area contributed by atoms with Crippen LogP contribution in [-0.2, 0) is 13.1 Å². The third kappa shape index (κ3) is 4.58. The molecule has 0 aliphatic heterocycles. The molecule has 0 N–H and O–H groups in total. The van der Waals surface area contributed by atoms with Crippen LogP contribution in [0.5, 0.6) is 0 Å². The third-order valence-electron chi connectivity index (χ3n) is 4.62. The number of carbonyl (C=O) groups excluding carboxylic acids is 1. The van der Waals surface area contributed by atoms with Gasteiger partial charge in [0.2, 0.25) is 0 Å². The van der Waals surface area contributed by atoms with E-state index in [0.717, 1.165) is 16.7 Å². The first-order valence-corrected chi connectivity index (χ1v) is 9.72. The monoisotopic (exact) mass is 422 g/mol. The molecule has 0 fully saturated rings. The predicted molar refractivity (Wildman–Crippen MR) is 114 cm³/mol. The van der Waals surface area contributed by atoms with Gasteiger partial charge in [-0.05, 0) is 58.2 Å². The molecule has 0 saturated heterocycles. The van der Waals surface area contributed by atoms with Crippen molar-refractivity contribution >= 4 is 21.8 Å². The minimum absolute atomic E-state index is 0.00832. The van der Waals surface area contributed by atoms with Gasteiger partial charge in [-0.1, -0.05) is 42.5 Å². The Morgan fingerprint density at radius 1 is 1.11 bits per heavy atom. The maximum absolute atomic E-state index is 13.0. The van der Waals surface area contributed by atoms with E-state index >= 15 is 0 Å². The molecule has 3 aromatic rings. The second-order valence-corrected chi connectivity index (χ2v) is 7.36. The van der Waals surface area contributed by atoms with Crippen molar-refractivity contribution in [3.05, 3.63) is 106 Å². The number of carbonyl (C=O) groups is 1. The van der Waals surface area contributed by atoms with Gasteiger partial charge < -0.3 is 9.47 Å². The Hall–Kier alpha value is -2.59. The van der Waals surface area contributed by atoms with Gasteiger partial charge in [0.25, 0.3) is 5.91 Å². The molecule has 0 atom stereocenters. The van der Waals surface area contributed by atoms with Crippen LogP contribution in [0.4, 0.5) is 0 Å². The van der Waals surface area contributed by atoms with E-state index in [4.69, 9.17) is 0 Å². The van der Waals surface area contributed by atoms with Gasteiger partial charge in [-0.25, -0.2) is 0 Å². The highest BCUT2D eigenvalue weighted by Gasteiger charge is 2.18. The van der Waals surface area contributed by atoms with Gasteiger partial charge in [0.15, 0.2) is 0 Å². The summed E-state index contributed by atoms with van der Waals surface area (Å²) in [6, 6.07) is 20.0. The lowest BCUT2D eigenvalue weighted by Crippen LogP contribution is -2.31. The average molecular weight is 423 g/mol. The summed E-state index contributed by atoms with van der Waals surface area (Å²) < 4.78 is 3.01. The Balaban J connectivity index is 1.83. The number of halogens is 1. The summed E-state index contributed by atoms with van der Waals surface area (Å²) in [5, 5.41) is 0. The second-order valence-electron chi connectivity index (χ2n) is 6.51. The van der Waals surface area contributed by atoms with Crippen molar-refractivity contribution < 1.29 is 4.79 Å². The number of amides is 1. The molecular weight excluding hydrogens is 400 g/mol. The first-order chi connectivity index (χ1) is 13.1. The van der Waals surface area contributed by atoms with Crippen LogP contribution in [0.2, 0.25) is 0 Å². The average Bonchev–Trinajstić information content (AvgIpc) is 3.10. The molecule has 1 heterocycles. The van der Waals surface area contributed by atoms with Crippen LogP contribution in [0, 0.1) is 6.92 Å². The van der Waals surface area contributed by atoms with E-state index in [9.17, 15) is 4.79 Å². The normalized spacial score (nSPS) is 10.6. The number of aromatic nitrogens is 1. The molecule has 0 radical (unpaired) electrons. The van der Waals surface area contributed by atoms with Gasteiger partial charge in [0.1, 0.15) is 0 Å². The Morgan fingerprint density at radius 3 is 2.59 bits per heavy atom. The Morgan fingerprint density at radius 2 is 1.85 bits per heavy atom. The van der Waals surface area contributed by atoms with Gasteiger partial charge in [-0.3, -0.25) is 4.79 Å². The number of hydrogen-bond acceptors (Lipinski definition) is 1. The van der Waals surface area contributed by atoms with E-state index in [2.05, 4.69) is 70.5 Å². The molecule has 4 heteroatoms. The van der Waals surface area contributed by atoms with Crippen molar-refractivity contribution in [3.63, 3.8) is 0 Å². The molecule has 0 saturated carbocycles. The zero-order valence-corrected chi connectivity index (χ0v) is 17.0. The number of aryl methyl sites for hydroxylation is 1. The van der Waals surface area contributed by atoms with Gasteiger partial charge in [-0.15, -0.1) is 6.58 Å². The Bertz CT molecular complexity index is 945. The highest BCUT2D eigenvalue weighted by Crippen LogP contribution is 2.20. The highest BCUT2D eigenvalue weighted by molar-refractivity contribution is 9.10. The van der Waals surface area contributed by atoms with Gasteiger partial charge in [0.05, 0.1) is 12.1 Å². The van der Waals surface area contributed by atoms with Crippen LogP contribution in [0.25, 0.3) is 0 Å². The summed E-state index contributed by atoms with van der Waals surface area (Å²) in [5.74, 6) is -0.00832. The third-order valence-corrected chi connectivity index (χ3v) is 5.31. The summed E-state index contributed by atoms with van der Waals surface area (Å²) in [6.07, 6.45) is 3.83. The molecule has 1 amide bonds. The maximum atomic E-state index is 13.0. The topological polar surface area (TPSA) is 25.2 Å². The maximum Gasteiger partial charge on any atom is 0.255 e. The largest absolute Gasteiger partial charge is 0.345 e. The molecule has 0 spiro atoms. The predicted octanol–water partition coefficient (Wildman–Crippen LogP) is 5.44. The van der Waals surface area contributed by atoms with Crippen molar-refractivity contribution in [2.75, 3.05) is 6.54 Å². The summed E-state index contributed by atoms with van der Waals surface area (Å²) in [4.78, 5) is 14.9. The molecule has 138 valence electrons. The fourth-order valence-electron chi connectivity index (χ4n) is 3.09. The van der Waals surface area contributed by atoms with E-state index in [1.807, 2.05) is 35.2 Å². The van der Waals surface area contributed by atoms with Crippen LogP contribution in [0.1, 0.15) is 27.2 Å². The van der Waals surface area contributed by atoms with E-state index in [-0.39, 0.29) is 5.91 Å². The van der Waals surface area contributed by atoms with Crippen molar-refractivity contribution in [2.24, 2.45) is 0 Å². The van der Waals surface area contributed by atoms with E-state index in [1.165, 1.54) is 11.1 Å². The molecule has 0 aliphatic rings. The molecule has 0 unspecified atom stereocenters. The van der Waals surface area contributed by atoms with Crippen LogP contribution in [0.3, 0.4) is 0 Å². The lowest BCUT2D eigenvalue weighted by Gasteiger charge is -2.23. The van der Waals surface area contributed by atoms with Crippen LogP contribution < -0.4 is 0 Å². The standard InChI is InChI=1S/C23H23BrN2O/c1-3-14-26(23(27)21-12-6-7-13-22(21)24)17-20-11-8-15-25(20)16-19-10-5-4-9-18(19)2/h3-13,15H,1,14,16-17H2,2H3. The van der Waals surface area contributed by atoms with Crippen LogP contribution in [-0.4, -0.2) is 21.9 Å². The van der Waals surface area contributed by atoms with Crippen molar-refractivity contribution in [2.45, 2.75) is 20.0 Å². The minimum Gasteiger partial charge on any atom is -0.345 e. The summed E-state index contributed by atoms with van der Waals surface area (Å²) in [6.45, 7) is 7.76. The van der Waals surface area contributed by atoms with Crippen LogP contribution >= 0.6 is 15.9 Å². The zero-order valence-electron chi connectivity index (χ0n) is 15.4. The molecule has 0 aliphatic carbocycles. The first-order valence-electron chi connectivity index (χ1n) is 8.93. The Labute approximate surface area is 169 Å². The first kappa shape index (κ1) is 19.2. The summed E-state index contributed by atoms with van der Waals surface area (Å²) in [5.41, 5.74) is 4.31. The number of nitrogens with zero attached hydrogens (tertiary/aromatic N) is 2. The zero-order chi connectivity index (χ0) is 19.2. The van der Waals surface area contributed by atoms with E-state index in [1.54, 1.807) is 6.08 Å². The molecule has 1 aromatic heterocycles. The number of rotatable bonds is 7. The van der Waals surface area contributed by atoms with Crippen molar-refractivity contribution in [3.8, 4) is 0 Å². The molecular formula is C23H23BrN2O. The smallest absolute Gasteiger partial charge is 0.255 e. The fraction of sp³-hybridized carbons (Fsp3) is 0.174. The molecule has 0 bridgehead atoms. The lowest BCUT2D eigenvalue weighted by atomic mass is 10.1. The van der Waals surface area contributed by atoms with E-state index < -0.39 is 0 Å². The second kappa shape index (κ2) is 8.87. The quantitative estimate of drug-likeness (QED) is 0.465. The molecule has 2 aromatic carbocycles. The minimum atomic E-state index is -0.00832. The lowest BCUT2D eigenvalue weighted by molar-refractivity contribution is 0.0758. The van der Waals surface area contributed by atoms with Crippen molar-refractivity contribution in [1.29, 1.82) is 0 Å². The van der Waals surface area contributed by atoms with Crippen LogP contribution in [0.15, 0.2) is 84.0 Å². The molecule has 27 heavy (non-hydrogen) atoms. The number of hydrogen-bond donors (Lipinski definition) is 0. The van der Waals surface area contributed by atoms with Gasteiger partial charge in [-0.2, -0.15) is 0 Å². The molecule has 3 rings (SSSR count). The van der Waals surface area contributed by atoms with Gasteiger partial charge >= 0.3 is 0 Å².